The van der Waals surface area contributed by atoms with E-state index in [0.717, 1.165) is 24.3 Å². The molecular weight excluding hydrogens is 220 g/mol. The van der Waals surface area contributed by atoms with Gasteiger partial charge in [0.1, 0.15) is 5.78 Å². The minimum atomic E-state index is 0.354. The van der Waals surface area contributed by atoms with Crippen molar-refractivity contribution in [1.82, 2.24) is 0 Å². The molecule has 1 aliphatic rings. The highest BCUT2D eigenvalue weighted by atomic mass is 35.5. The van der Waals surface area contributed by atoms with Gasteiger partial charge in [-0.15, -0.1) is 0 Å². The monoisotopic (exact) mass is 236 g/mol. The molecule has 1 aliphatic carbocycles. The number of benzene rings is 1. The Morgan fingerprint density at radius 1 is 1.19 bits per heavy atom. The number of aryl methyl sites for hydroxylation is 1. The van der Waals surface area contributed by atoms with Gasteiger partial charge < -0.3 is 0 Å². The lowest BCUT2D eigenvalue weighted by molar-refractivity contribution is -0.122. The van der Waals surface area contributed by atoms with Crippen LogP contribution in [0.5, 0.6) is 0 Å². The first-order valence-electron chi connectivity index (χ1n) is 6.03. The second kappa shape index (κ2) is 5.49. The van der Waals surface area contributed by atoms with Gasteiger partial charge in [-0.25, -0.2) is 0 Å². The largest absolute Gasteiger partial charge is 0.299 e. The smallest absolute Gasteiger partial charge is 0.136 e. The Kier molecular flexibility index (Phi) is 4.00. The summed E-state index contributed by atoms with van der Waals surface area (Å²) >= 11 is 5.81. The number of hydrogen-bond acceptors (Lipinski definition) is 1. The predicted octanol–water partition coefficient (Wildman–Crippen LogP) is 4.03. The molecule has 1 aromatic rings. The summed E-state index contributed by atoms with van der Waals surface area (Å²) in [5.74, 6) is 0.805. The first-order valence-corrected chi connectivity index (χ1v) is 6.40. The van der Waals surface area contributed by atoms with E-state index < -0.39 is 0 Å². The average Bonchev–Trinajstić information content (AvgIpc) is 2.81. The number of carbonyl (C=O) groups excluding carboxylic acids is 1. The van der Waals surface area contributed by atoms with Crippen LogP contribution < -0.4 is 0 Å². The molecule has 1 aromatic carbocycles. The standard InChI is InChI=1S/C14H17ClO/c15-13-8-5-11(6-9-13)7-10-14(16)12-3-1-2-4-12/h5-6,8-9,12H,1-4,7,10H2. The molecule has 86 valence electrons. The van der Waals surface area contributed by atoms with Crippen molar-refractivity contribution in [2.75, 3.05) is 0 Å². The maximum atomic E-state index is 11.9. The quantitative estimate of drug-likeness (QED) is 0.772. The molecule has 0 aliphatic heterocycles. The van der Waals surface area contributed by atoms with Gasteiger partial charge in [0.25, 0.3) is 0 Å². The van der Waals surface area contributed by atoms with Crippen molar-refractivity contribution in [2.24, 2.45) is 5.92 Å². The van der Waals surface area contributed by atoms with Gasteiger partial charge in [0.2, 0.25) is 0 Å². The van der Waals surface area contributed by atoms with Crippen molar-refractivity contribution in [3.63, 3.8) is 0 Å². The lowest BCUT2D eigenvalue weighted by atomic mass is 9.97. The molecule has 0 atom stereocenters. The Hall–Kier alpha value is -0.820. The molecule has 0 spiro atoms. The van der Waals surface area contributed by atoms with Crippen LogP contribution in [0.25, 0.3) is 0 Å². The Morgan fingerprint density at radius 2 is 1.81 bits per heavy atom. The SMILES string of the molecule is O=C(CCc1ccc(Cl)cc1)C1CCCC1. The third kappa shape index (κ3) is 3.08. The maximum absolute atomic E-state index is 11.9. The summed E-state index contributed by atoms with van der Waals surface area (Å²) in [5, 5.41) is 0.755. The van der Waals surface area contributed by atoms with Crippen LogP contribution in [0.15, 0.2) is 24.3 Å². The van der Waals surface area contributed by atoms with Crippen LogP contribution in [0.4, 0.5) is 0 Å². The van der Waals surface area contributed by atoms with Gasteiger partial charge in [-0.2, -0.15) is 0 Å². The normalized spacial score (nSPS) is 16.6. The summed E-state index contributed by atoms with van der Waals surface area (Å²) < 4.78 is 0. The van der Waals surface area contributed by atoms with E-state index in [0.29, 0.717) is 18.1 Å². The van der Waals surface area contributed by atoms with Crippen LogP contribution in [-0.2, 0) is 11.2 Å². The van der Waals surface area contributed by atoms with E-state index >= 15 is 0 Å². The van der Waals surface area contributed by atoms with Crippen LogP contribution in [0, 0.1) is 5.92 Å². The van der Waals surface area contributed by atoms with Crippen molar-refractivity contribution in [2.45, 2.75) is 38.5 Å². The molecule has 0 unspecified atom stereocenters. The fourth-order valence-electron chi connectivity index (χ4n) is 2.37. The van der Waals surface area contributed by atoms with Crippen LogP contribution in [0.3, 0.4) is 0 Å². The topological polar surface area (TPSA) is 17.1 Å². The zero-order chi connectivity index (χ0) is 11.4. The van der Waals surface area contributed by atoms with E-state index in [9.17, 15) is 4.79 Å². The number of carbonyl (C=O) groups is 1. The van der Waals surface area contributed by atoms with Crippen molar-refractivity contribution in [3.8, 4) is 0 Å². The minimum absolute atomic E-state index is 0.354. The summed E-state index contributed by atoms with van der Waals surface area (Å²) in [7, 11) is 0. The van der Waals surface area contributed by atoms with Gasteiger partial charge in [0.05, 0.1) is 0 Å². The number of hydrogen-bond donors (Lipinski definition) is 0. The van der Waals surface area contributed by atoms with Gasteiger partial charge in [-0.05, 0) is 37.0 Å². The molecular formula is C14H17ClO. The van der Waals surface area contributed by atoms with Gasteiger partial charge >= 0.3 is 0 Å². The molecule has 0 N–H and O–H groups in total. The fourth-order valence-corrected chi connectivity index (χ4v) is 2.50. The number of rotatable bonds is 4. The van der Waals surface area contributed by atoms with E-state index in [1.165, 1.54) is 18.4 Å². The molecule has 2 heteroatoms. The van der Waals surface area contributed by atoms with Crippen molar-refractivity contribution in [1.29, 1.82) is 0 Å². The summed E-state index contributed by atoms with van der Waals surface area (Å²) in [6.45, 7) is 0. The van der Waals surface area contributed by atoms with Crippen LogP contribution in [0.2, 0.25) is 5.02 Å². The fraction of sp³-hybridized carbons (Fsp3) is 0.500. The highest BCUT2D eigenvalue weighted by molar-refractivity contribution is 6.30. The van der Waals surface area contributed by atoms with Gasteiger partial charge in [-0.1, -0.05) is 36.6 Å². The summed E-state index contributed by atoms with van der Waals surface area (Å²) in [6.07, 6.45) is 6.23. The molecule has 2 rings (SSSR count). The first kappa shape index (κ1) is 11.7. The Labute approximate surface area is 102 Å². The van der Waals surface area contributed by atoms with Gasteiger partial charge in [0, 0.05) is 17.4 Å². The zero-order valence-corrected chi connectivity index (χ0v) is 10.2. The highest BCUT2D eigenvalue weighted by Crippen LogP contribution is 2.26. The number of halogens is 1. The Balaban J connectivity index is 1.82. The zero-order valence-electron chi connectivity index (χ0n) is 9.42. The molecule has 0 heterocycles. The molecule has 1 nitrogen and oxygen atoms in total. The average molecular weight is 237 g/mol. The van der Waals surface area contributed by atoms with E-state index in [1.54, 1.807) is 0 Å². The van der Waals surface area contributed by atoms with E-state index in [4.69, 9.17) is 11.6 Å². The molecule has 1 fully saturated rings. The molecule has 1 saturated carbocycles. The first-order chi connectivity index (χ1) is 7.75. The van der Waals surface area contributed by atoms with Crippen molar-refractivity contribution in [3.05, 3.63) is 34.9 Å². The second-order valence-corrected chi connectivity index (χ2v) is 5.01. The van der Waals surface area contributed by atoms with Crippen LogP contribution in [0.1, 0.15) is 37.7 Å². The second-order valence-electron chi connectivity index (χ2n) is 4.57. The molecule has 0 amide bonds. The summed E-state index contributed by atoms with van der Waals surface area (Å²) in [4.78, 5) is 11.9. The summed E-state index contributed by atoms with van der Waals surface area (Å²) in [6, 6.07) is 7.78. The highest BCUT2D eigenvalue weighted by Gasteiger charge is 2.21. The van der Waals surface area contributed by atoms with E-state index in [-0.39, 0.29) is 0 Å². The Bertz CT molecular complexity index is 350. The van der Waals surface area contributed by atoms with Crippen LogP contribution in [-0.4, -0.2) is 5.78 Å². The van der Waals surface area contributed by atoms with Gasteiger partial charge in [-0.3, -0.25) is 4.79 Å². The van der Waals surface area contributed by atoms with Crippen molar-refractivity contribution < 1.29 is 4.79 Å². The molecule has 0 saturated heterocycles. The Morgan fingerprint density at radius 3 is 2.44 bits per heavy atom. The molecule has 0 radical (unpaired) electrons. The lowest BCUT2D eigenvalue weighted by Gasteiger charge is -2.07. The lowest BCUT2D eigenvalue weighted by Crippen LogP contribution is -2.11. The maximum Gasteiger partial charge on any atom is 0.136 e. The number of Topliss-reactive ketones (excluding diaryl/α,β-unsaturated/α-hetero) is 1. The number of ketones is 1. The minimum Gasteiger partial charge on any atom is -0.299 e. The molecule has 16 heavy (non-hydrogen) atoms. The molecule has 0 aromatic heterocycles. The third-order valence-corrected chi connectivity index (χ3v) is 3.64. The van der Waals surface area contributed by atoms with Crippen molar-refractivity contribution >= 4 is 17.4 Å². The van der Waals surface area contributed by atoms with Crippen LogP contribution >= 0.6 is 11.6 Å². The summed E-state index contributed by atoms with van der Waals surface area (Å²) in [5.41, 5.74) is 1.20. The van der Waals surface area contributed by atoms with E-state index in [2.05, 4.69) is 0 Å². The third-order valence-electron chi connectivity index (χ3n) is 3.38. The van der Waals surface area contributed by atoms with Gasteiger partial charge in [0.15, 0.2) is 0 Å². The predicted molar refractivity (Wildman–Crippen MR) is 66.7 cm³/mol. The molecule has 0 bridgehead atoms. The van der Waals surface area contributed by atoms with E-state index in [1.807, 2.05) is 24.3 Å².